The van der Waals surface area contributed by atoms with Crippen LogP contribution >= 0.6 is 0 Å². The van der Waals surface area contributed by atoms with Crippen molar-refractivity contribution in [1.29, 1.82) is 0 Å². The number of aliphatic carboxylic acids is 1. The molecule has 1 aromatic rings. The first-order valence-electron chi connectivity index (χ1n) is 5.69. The molecule has 98 valence electrons. The number of carbonyl (C=O) groups is 1. The minimum atomic E-state index is -1.08. The normalized spacial score (nSPS) is 16.3. The molecular formula is C11H15N3O4. The Hall–Kier alpha value is -1.89. The SMILES string of the molecule is COCC(Nc1nccn(C2CC2)c1=O)C(=O)O. The number of nitrogens with one attached hydrogen (secondary N) is 1. The van der Waals surface area contributed by atoms with Crippen molar-refractivity contribution in [2.45, 2.75) is 24.9 Å². The monoisotopic (exact) mass is 253 g/mol. The Balaban J connectivity index is 2.20. The van der Waals surface area contributed by atoms with Crippen molar-refractivity contribution in [1.82, 2.24) is 9.55 Å². The quantitative estimate of drug-likeness (QED) is 0.746. The molecule has 0 amide bonds. The molecule has 1 aromatic heterocycles. The van der Waals surface area contributed by atoms with Gasteiger partial charge in [0.25, 0.3) is 5.56 Å². The lowest BCUT2D eigenvalue weighted by molar-refractivity contribution is -0.139. The molecule has 1 aliphatic carbocycles. The molecule has 7 nitrogen and oxygen atoms in total. The van der Waals surface area contributed by atoms with Gasteiger partial charge in [-0.05, 0) is 12.8 Å². The maximum atomic E-state index is 12.0. The van der Waals surface area contributed by atoms with Crippen LogP contribution in [0, 0.1) is 0 Å². The van der Waals surface area contributed by atoms with Gasteiger partial charge >= 0.3 is 5.97 Å². The van der Waals surface area contributed by atoms with Gasteiger partial charge in [0, 0.05) is 25.5 Å². The van der Waals surface area contributed by atoms with E-state index < -0.39 is 12.0 Å². The highest BCUT2D eigenvalue weighted by Crippen LogP contribution is 2.33. The summed E-state index contributed by atoms with van der Waals surface area (Å²) in [5, 5.41) is 11.6. The minimum Gasteiger partial charge on any atom is -0.480 e. The van der Waals surface area contributed by atoms with Crippen LogP contribution in [-0.4, -0.2) is 40.4 Å². The maximum Gasteiger partial charge on any atom is 0.328 e. The molecule has 1 unspecified atom stereocenters. The molecule has 1 saturated carbocycles. The zero-order chi connectivity index (χ0) is 13.1. The summed E-state index contributed by atoms with van der Waals surface area (Å²) in [5.41, 5.74) is -0.289. The third kappa shape index (κ3) is 2.67. The van der Waals surface area contributed by atoms with Crippen molar-refractivity contribution in [2.24, 2.45) is 0 Å². The fraction of sp³-hybridized carbons (Fsp3) is 0.545. The second-order valence-corrected chi connectivity index (χ2v) is 4.21. The fourth-order valence-corrected chi connectivity index (χ4v) is 1.67. The van der Waals surface area contributed by atoms with E-state index in [0.29, 0.717) is 0 Å². The van der Waals surface area contributed by atoms with E-state index in [2.05, 4.69) is 10.3 Å². The largest absolute Gasteiger partial charge is 0.480 e. The van der Waals surface area contributed by atoms with Gasteiger partial charge in [0.1, 0.15) is 6.04 Å². The van der Waals surface area contributed by atoms with E-state index in [1.54, 1.807) is 10.8 Å². The number of methoxy groups -OCH3 is 1. The predicted molar refractivity (Wildman–Crippen MR) is 63.7 cm³/mol. The Labute approximate surface area is 103 Å². The van der Waals surface area contributed by atoms with Gasteiger partial charge in [0.2, 0.25) is 0 Å². The Morgan fingerprint density at radius 3 is 3.00 bits per heavy atom. The summed E-state index contributed by atoms with van der Waals surface area (Å²) >= 11 is 0. The molecule has 0 bridgehead atoms. The highest BCUT2D eigenvalue weighted by atomic mass is 16.5. The lowest BCUT2D eigenvalue weighted by Gasteiger charge is -2.14. The predicted octanol–water partition coefficient (Wildman–Crippen LogP) is 0.0897. The summed E-state index contributed by atoms with van der Waals surface area (Å²) < 4.78 is 6.37. The van der Waals surface area contributed by atoms with Crippen molar-refractivity contribution in [3.8, 4) is 0 Å². The van der Waals surface area contributed by atoms with E-state index in [1.807, 2.05) is 0 Å². The molecule has 18 heavy (non-hydrogen) atoms. The maximum absolute atomic E-state index is 12.0. The highest BCUT2D eigenvalue weighted by Gasteiger charge is 2.26. The van der Waals surface area contributed by atoms with Crippen LogP contribution in [0.2, 0.25) is 0 Å². The Morgan fingerprint density at radius 2 is 2.44 bits per heavy atom. The van der Waals surface area contributed by atoms with Gasteiger partial charge in [-0.3, -0.25) is 4.79 Å². The van der Waals surface area contributed by atoms with E-state index in [0.717, 1.165) is 12.8 Å². The summed E-state index contributed by atoms with van der Waals surface area (Å²) in [6.07, 6.45) is 5.07. The van der Waals surface area contributed by atoms with Crippen LogP contribution in [-0.2, 0) is 9.53 Å². The van der Waals surface area contributed by atoms with Crippen molar-refractivity contribution >= 4 is 11.8 Å². The third-order valence-electron chi connectivity index (χ3n) is 2.75. The number of carboxylic acids is 1. The molecule has 0 aromatic carbocycles. The number of nitrogens with zero attached hydrogens (tertiary/aromatic N) is 2. The smallest absolute Gasteiger partial charge is 0.328 e. The number of aromatic nitrogens is 2. The molecule has 7 heteroatoms. The number of hydrogen-bond donors (Lipinski definition) is 2. The molecule has 1 fully saturated rings. The van der Waals surface area contributed by atoms with Crippen LogP contribution < -0.4 is 10.9 Å². The summed E-state index contributed by atoms with van der Waals surface area (Å²) in [6.45, 7) is -0.0330. The molecule has 1 heterocycles. The van der Waals surface area contributed by atoms with Gasteiger partial charge in [-0.2, -0.15) is 0 Å². The lowest BCUT2D eigenvalue weighted by atomic mass is 10.3. The van der Waals surface area contributed by atoms with E-state index in [9.17, 15) is 9.59 Å². The van der Waals surface area contributed by atoms with Gasteiger partial charge in [-0.1, -0.05) is 0 Å². The fourth-order valence-electron chi connectivity index (χ4n) is 1.67. The number of carboxylic acid groups (broad SMARTS) is 1. The third-order valence-corrected chi connectivity index (χ3v) is 2.75. The van der Waals surface area contributed by atoms with Crippen molar-refractivity contribution < 1.29 is 14.6 Å². The second-order valence-electron chi connectivity index (χ2n) is 4.21. The Bertz CT molecular complexity index is 495. The van der Waals surface area contributed by atoms with Gasteiger partial charge in [-0.15, -0.1) is 0 Å². The van der Waals surface area contributed by atoms with Crippen LogP contribution in [0.3, 0.4) is 0 Å². The lowest BCUT2D eigenvalue weighted by Crippen LogP contribution is -2.37. The zero-order valence-electron chi connectivity index (χ0n) is 10.00. The van der Waals surface area contributed by atoms with Crippen LogP contribution in [0.15, 0.2) is 17.2 Å². The van der Waals surface area contributed by atoms with E-state index in [1.165, 1.54) is 13.3 Å². The summed E-state index contributed by atoms with van der Waals surface area (Å²) in [4.78, 5) is 26.9. The minimum absolute atomic E-state index is 0.0330. The first-order valence-corrected chi connectivity index (χ1v) is 5.69. The van der Waals surface area contributed by atoms with E-state index in [4.69, 9.17) is 9.84 Å². The van der Waals surface area contributed by atoms with Crippen LogP contribution in [0.4, 0.5) is 5.82 Å². The van der Waals surface area contributed by atoms with Gasteiger partial charge in [0.15, 0.2) is 5.82 Å². The standard InChI is InChI=1S/C11H15N3O4/c1-18-6-8(11(16)17)13-9-10(15)14(5-4-12-9)7-2-3-7/h4-5,7-8H,2-3,6H2,1H3,(H,12,13)(H,16,17). The van der Waals surface area contributed by atoms with Crippen molar-refractivity contribution in [3.63, 3.8) is 0 Å². The number of hydrogen-bond acceptors (Lipinski definition) is 5. The summed E-state index contributed by atoms with van der Waals surface area (Å²) in [5.74, 6) is -1.03. The van der Waals surface area contributed by atoms with Crippen LogP contribution in [0.5, 0.6) is 0 Å². The number of ether oxygens (including phenoxy) is 1. The topological polar surface area (TPSA) is 93.5 Å². The summed E-state index contributed by atoms with van der Waals surface area (Å²) in [6, 6.07) is -0.753. The number of anilines is 1. The zero-order valence-corrected chi connectivity index (χ0v) is 10.00. The van der Waals surface area contributed by atoms with Crippen molar-refractivity contribution in [2.75, 3.05) is 19.0 Å². The molecule has 0 radical (unpaired) electrons. The molecule has 2 rings (SSSR count). The average Bonchev–Trinajstić information content (AvgIpc) is 3.15. The van der Waals surface area contributed by atoms with Crippen molar-refractivity contribution in [3.05, 3.63) is 22.7 Å². The highest BCUT2D eigenvalue weighted by molar-refractivity contribution is 5.76. The van der Waals surface area contributed by atoms with E-state index in [-0.39, 0.29) is 24.0 Å². The van der Waals surface area contributed by atoms with Gasteiger partial charge < -0.3 is 19.7 Å². The first-order chi connectivity index (χ1) is 8.63. The Morgan fingerprint density at radius 1 is 1.72 bits per heavy atom. The first kappa shape index (κ1) is 12.6. The van der Waals surface area contributed by atoms with Crippen LogP contribution in [0.25, 0.3) is 0 Å². The molecule has 2 N–H and O–H groups in total. The second kappa shape index (κ2) is 5.18. The van der Waals surface area contributed by atoms with Crippen LogP contribution in [0.1, 0.15) is 18.9 Å². The summed E-state index contributed by atoms with van der Waals surface area (Å²) in [7, 11) is 1.40. The molecule has 0 aliphatic heterocycles. The molecule has 0 spiro atoms. The van der Waals surface area contributed by atoms with Gasteiger partial charge in [-0.25, -0.2) is 9.78 Å². The molecule has 1 aliphatic rings. The molecule has 0 saturated heterocycles. The number of rotatable bonds is 6. The van der Waals surface area contributed by atoms with Gasteiger partial charge in [0.05, 0.1) is 6.61 Å². The molecule has 1 atom stereocenters. The Kier molecular flexibility index (Phi) is 3.61. The average molecular weight is 253 g/mol. The molecular weight excluding hydrogens is 238 g/mol. The van der Waals surface area contributed by atoms with E-state index >= 15 is 0 Å².